The summed E-state index contributed by atoms with van der Waals surface area (Å²) in [7, 11) is 0. The van der Waals surface area contributed by atoms with Gasteiger partial charge in [0.25, 0.3) is 0 Å². The number of carbonyl (C=O) groups excluding carboxylic acids is 1. The van der Waals surface area contributed by atoms with Gasteiger partial charge in [-0.1, -0.05) is 17.2 Å². The smallest absolute Gasteiger partial charge is 0.307 e. The molecule has 1 aliphatic carbocycles. The highest BCUT2D eigenvalue weighted by molar-refractivity contribution is 5.85. The molecule has 0 spiro atoms. The number of hydrogen-bond donors (Lipinski definition) is 2. The molecular formula is C18H21NO5. The van der Waals surface area contributed by atoms with Crippen LogP contribution in [0, 0.1) is 11.8 Å². The van der Waals surface area contributed by atoms with E-state index in [-0.39, 0.29) is 12.7 Å². The van der Waals surface area contributed by atoms with Crippen LogP contribution in [0.1, 0.15) is 32.3 Å². The molecule has 0 fully saturated rings. The molecule has 1 heterocycles. The average Bonchev–Trinajstić information content (AvgIpc) is 3.02. The predicted molar refractivity (Wildman–Crippen MR) is 86.6 cm³/mol. The Morgan fingerprint density at radius 2 is 1.79 bits per heavy atom. The van der Waals surface area contributed by atoms with Crippen molar-refractivity contribution in [3.8, 4) is 11.5 Å². The first-order chi connectivity index (χ1) is 11.5. The molecule has 0 radical (unpaired) electrons. The minimum atomic E-state index is -0.912. The number of hydrogen-bond acceptors (Lipinski definition) is 4. The predicted octanol–water partition coefficient (Wildman–Crippen LogP) is 2.48. The summed E-state index contributed by atoms with van der Waals surface area (Å²) < 4.78 is 10.6. The molecule has 0 saturated heterocycles. The van der Waals surface area contributed by atoms with E-state index in [9.17, 15) is 14.7 Å². The number of aliphatic carboxylic acids is 1. The first-order valence-corrected chi connectivity index (χ1v) is 8.00. The monoisotopic (exact) mass is 331 g/mol. The standard InChI is InChI=1S/C18H21NO5/c1-10-5-13(14(18(21)22)6-11(10)2)17(20)19-8-12-3-4-15-16(7-12)24-9-23-15/h3-4,7,13-14H,5-6,8-9H2,1-2H3,(H,19,20)(H,21,22)/t13-,14+/m1/s1. The maximum atomic E-state index is 12.5. The normalized spacial score (nSPS) is 22.4. The SMILES string of the molecule is CC1=C(C)C[C@@H](C(=O)NCc2ccc3c(c2)OCO3)[C@@H](C(=O)O)C1. The Morgan fingerprint density at radius 3 is 2.50 bits per heavy atom. The van der Waals surface area contributed by atoms with Gasteiger partial charge in [0, 0.05) is 6.54 Å². The topological polar surface area (TPSA) is 84.9 Å². The number of rotatable bonds is 4. The Hall–Kier alpha value is -2.50. The maximum Gasteiger partial charge on any atom is 0.307 e. The first-order valence-electron chi connectivity index (χ1n) is 8.00. The van der Waals surface area contributed by atoms with Gasteiger partial charge < -0.3 is 19.9 Å². The molecule has 6 heteroatoms. The zero-order valence-electron chi connectivity index (χ0n) is 13.8. The lowest BCUT2D eigenvalue weighted by Crippen LogP contribution is -2.39. The number of carboxylic acid groups (broad SMARTS) is 1. The van der Waals surface area contributed by atoms with Crippen molar-refractivity contribution in [1.29, 1.82) is 0 Å². The number of carbonyl (C=O) groups is 2. The molecule has 1 aromatic carbocycles. The number of benzene rings is 1. The molecule has 2 aliphatic rings. The van der Waals surface area contributed by atoms with E-state index in [2.05, 4.69) is 5.32 Å². The molecule has 2 atom stereocenters. The van der Waals surface area contributed by atoms with Crippen molar-refractivity contribution in [2.45, 2.75) is 33.2 Å². The fraction of sp³-hybridized carbons (Fsp3) is 0.444. The van der Waals surface area contributed by atoms with Crippen LogP contribution < -0.4 is 14.8 Å². The molecule has 0 saturated carbocycles. The van der Waals surface area contributed by atoms with Crippen molar-refractivity contribution < 1.29 is 24.2 Å². The molecule has 24 heavy (non-hydrogen) atoms. The van der Waals surface area contributed by atoms with E-state index in [0.29, 0.717) is 30.9 Å². The lowest BCUT2D eigenvalue weighted by Gasteiger charge is -2.29. The van der Waals surface area contributed by atoms with Crippen molar-refractivity contribution >= 4 is 11.9 Å². The molecule has 3 rings (SSSR count). The van der Waals surface area contributed by atoms with Gasteiger partial charge in [0.2, 0.25) is 12.7 Å². The van der Waals surface area contributed by atoms with Crippen LogP contribution in [-0.4, -0.2) is 23.8 Å². The Bertz CT molecular complexity index is 709. The van der Waals surface area contributed by atoms with Gasteiger partial charge in [-0.05, 0) is 44.4 Å². The third-order valence-electron chi connectivity index (χ3n) is 4.82. The van der Waals surface area contributed by atoms with Crippen LogP contribution in [0.25, 0.3) is 0 Å². The highest BCUT2D eigenvalue weighted by Crippen LogP contribution is 2.35. The van der Waals surface area contributed by atoms with Crippen LogP contribution in [0.4, 0.5) is 0 Å². The van der Waals surface area contributed by atoms with E-state index in [1.165, 1.54) is 0 Å². The first kappa shape index (κ1) is 16.4. The van der Waals surface area contributed by atoms with Gasteiger partial charge in [0.15, 0.2) is 11.5 Å². The van der Waals surface area contributed by atoms with Crippen LogP contribution in [0.2, 0.25) is 0 Å². The van der Waals surface area contributed by atoms with Gasteiger partial charge >= 0.3 is 5.97 Å². The van der Waals surface area contributed by atoms with Gasteiger partial charge in [0.05, 0.1) is 11.8 Å². The fourth-order valence-electron chi connectivity index (χ4n) is 3.20. The number of amides is 1. The lowest BCUT2D eigenvalue weighted by atomic mass is 9.76. The van der Waals surface area contributed by atoms with Crippen molar-refractivity contribution in [2.24, 2.45) is 11.8 Å². The molecule has 2 N–H and O–H groups in total. The van der Waals surface area contributed by atoms with Crippen LogP contribution in [0.5, 0.6) is 11.5 Å². The summed E-state index contributed by atoms with van der Waals surface area (Å²) in [5.74, 6) is -0.959. The molecule has 6 nitrogen and oxygen atoms in total. The number of ether oxygens (including phenoxy) is 2. The second kappa shape index (κ2) is 6.55. The zero-order valence-corrected chi connectivity index (χ0v) is 13.8. The van der Waals surface area contributed by atoms with E-state index in [1.807, 2.05) is 26.0 Å². The van der Waals surface area contributed by atoms with E-state index < -0.39 is 17.8 Å². The minimum absolute atomic E-state index is 0.207. The molecule has 0 aromatic heterocycles. The highest BCUT2D eigenvalue weighted by Gasteiger charge is 2.37. The van der Waals surface area contributed by atoms with Crippen molar-refractivity contribution in [2.75, 3.05) is 6.79 Å². The minimum Gasteiger partial charge on any atom is -0.481 e. The summed E-state index contributed by atoms with van der Waals surface area (Å²) in [5.41, 5.74) is 3.07. The summed E-state index contributed by atoms with van der Waals surface area (Å²) in [6, 6.07) is 5.49. The van der Waals surface area contributed by atoms with E-state index >= 15 is 0 Å². The van der Waals surface area contributed by atoms with E-state index in [4.69, 9.17) is 9.47 Å². The van der Waals surface area contributed by atoms with Crippen LogP contribution in [-0.2, 0) is 16.1 Å². The molecule has 1 aromatic rings. The van der Waals surface area contributed by atoms with Crippen molar-refractivity contribution in [1.82, 2.24) is 5.32 Å². The summed E-state index contributed by atoms with van der Waals surface area (Å²) in [6.07, 6.45) is 0.930. The molecule has 0 bridgehead atoms. The number of carboxylic acids is 1. The second-order valence-corrected chi connectivity index (χ2v) is 6.43. The third kappa shape index (κ3) is 3.22. The third-order valence-corrected chi connectivity index (χ3v) is 4.82. The van der Waals surface area contributed by atoms with E-state index in [0.717, 1.165) is 16.7 Å². The largest absolute Gasteiger partial charge is 0.481 e. The maximum absolute atomic E-state index is 12.5. The molecular weight excluding hydrogens is 310 g/mol. The summed E-state index contributed by atoms with van der Waals surface area (Å²) >= 11 is 0. The molecule has 128 valence electrons. The number of allylic oxidation sites excluding steroid dienone is 2. The quantitative estimate of drug-likeness (QED) is 0.828. The number of fused-ring (bicyclic) bond motifs is 1. The van der Waals surface area contributed by atoms with Crippen LogP contribution in [0.3, 0.4) is 0 Å². The van der Waals surface area contributed by atoms with Gasteiger partial charge in [-0.25, -0.2) is 0 Å². The lowest BCUT2D eigenvalue weighted by molar-refractivity contribution is -0.147. The Labute approximate surface area is 140 Å². The molecule has 0 unspecified atom stereocenters. The van der Waals surface area contributed by atoms with Gasteiger partial charge in [-0.15, -0.1) is 0 Å². The average molecular weight is 331 g/mol. The molecule has 1 aliphatic heterocycles. The highest BCUT2D eigenvalue weighted by atomic mass is 16.7. The number of nitrogens with one attached hydrogen (secondary N) is 1. The van der Waals surface area contributed by atoms with Crippen LogP contribution >= 0.6 is 0 Å². The Morgan fingerprint density at radius 1 is 1.12 bits per heavy atom. The fourth-order valence-corrected chi connectivity index (χ4v) is 3.20. The van der Waals surface area contributed by atoms with Gasteiger partial charge in [-0.3, -0.25) is 9.59 Å². The zero-order chi connectivity index (χ0) is 17.3. The van der Waals surface area contributed by atoms with Crippen molar-refractivity contribution in [3.63, 3.8) is 0 Å². The molecule has 1 amide bonds. The van der Waals surface area contributed by atoms with Gasteiger partial charge in [-0.2, -0.15) is 0 Å². The Kier molecular flexibility index (Phi) is 4.46. The van der Waals surface area contributed by atoms with Crippen molar-refractivity contribution in [3.05, 3.63) is 34.9 Å². The van der Waals surface area contributed by atoms with E-state index in [1.54, 1.807) is 6.07 Å². The Balaban J connectivity index is 1.66. The summed E-state index contributed by atoms with van der Waals surface area (Å²) in [5, 5.41) is 12.3. The van der Waals surface area contributed by atoms with Gasteiger partial charge in [0.1, 0.15) is 0 Å². The summed E-state index contributed by atoms with van der Waals surface area (Å²) in [6.45, 7) is 4.44. The second-order valence-electron chi connectivity index (χ2n) is 6.43. The van der Waals surface area contributed by atoms with Crippen LogP contribution in [0.15, 0.2) is 29.3 Å². The summed E-state index contributed by atoms with van der Waals surface area (Å²) in [4.78, 5) is 24.0.